The van der Waals surface area contributed by atoms with Crippen molar-refractivity contribution in [1.29, 1.82) is 0 Å². The highest BCUT2D eigenvalue weighted by Crippen LogP contribution is 2.22. The van der Waals surface area contributed by atoms with Crippen LogP contribution in [0.3, 0.4) is 0 Å². The Labute approximate surface area is 181 Å². The summed E-state index contributed by atoms with van der Waals surface area (Å²) in [6, 6.07) is 4.89. The van der Waals surface area contributed by atoms with Crippen LogP contribution in [0.4, 0.5) is 4.39 Å². The molecule has 174 valence electrons. The van der Waals surface area contributed by atoms with Crippen LogP contribution in [0.25, 0.3) is 0 Å². The molecule has 1 amide bonds. The van der Waals surface area contributed by atoms with Crippen LogP contribution in [0.15, 0.2) is 29.2 Å². The fraction of sp³-hybridized carbons (Fsp3) is 0.650. The van der Waals surface area contributed by atoms with Crippen LogP contribution in [0.2, 0.25) is 0 Å². The fourth-order valence-corrected chi connectivity index (χ4v) is 4.94. The lowest BCUT2D eigenvalue weighted by Gasteiger charge is -2.36. The molecule has 1 aromatic carbocycles. The van der Waals surface area contributed by atoms with E-state index in [0.717, 1.165) is 6.07 Å². The SMILES string of the molecule is O=C(CN1CCOCC1)N[C@@H]1CC[C@@H](CCNS(=O)(=O)c2ccccc2F)O[C@H]1CO. The van der Waals surface area contributed by atoms with Crippen molar-refractivity contribution in [1.82, 2.24) is 14.9 Å². The van der Waals surface area contributed by atoms with Crippen LogP contribution in [0.1, 0.15) is 19.3 Å². The molecule has 1 aromatic rings. The monoisotopic (exact) mass is 459 g/mol. The van der Waals surface area contributed by atoms with E-state index >= 15 is 0 Å². The zero-order valence-electron chi connectivity index (χ0n) is 17.3. The minimum atomic E-state index is -3.95. The largest absolute Gasteiger partial charge is 0.394 e. The van der Waals surface area contributed by atoms with E-state index in [1.54, 1.807) is 0 Å². The van der Waals surface area contributed by atoms with Gasteiger partial charge in [0, 0.05) is 19.6 Å². The van der Waals surface area contributed by atoms with Crippen LogP contribution in [0.5, 0.6) is 0 Å². The Bertz CT molecular complexity index is 834. The smallest absolute Gasteiger partial charge is 0.243 e. The average Bonchev–Trinajstić information content (AvgIpc) is 2.75. The lowest BCUT2D eigenvalue weighted by Crippen LogP contribution is -2.53. The molecule has 0 spiro atoms. The van der Waals surface area contributed by atoms with E-state index in [2.05, 4.69) is 10.0 Å². The molecule has 2 saturated heterocycles. The highest BCUT2D eigenvalue weighted by Gasteiger charge is 2.32. The number of nitrogens with one attached hydrogen (secondary N) is 2. The summed E-state index contributed by atoms with van der Waals surface area (Å²) in [6.45, 7) is 2.75. The lowest BCUT2D eigenvalue weighted by molar-refractivity contribution is -0.130. The van der Waals surface area contributed by atoms with E-state index in [-0.39, 0.29) is 37.7 Å². The molecule has 2 aliphatic rings. The molecule has 2 fully saturated rings. The van der Waals surface area contributed by atoms with E-state index in [1.165, 1.54) is 18.2 Å². The summed E-state index contributed by atoms with van der Waals surface area (Å²) in [6.07, 6.45) is 0.771. The zero-order chi connectivity index (χ0) is 22.3. The maximum absolute atomic E-state index is 13.7. The van der Waals surface area contributed by atoms with Crippen molar-refractivity contribution in [2.75, 3.05) is 46.0 Å². The topological polar surface area (TPSA) is 117 Å². The average molecular weight is 460 g/mol. The first-order chi connectivity index (χ1) is 14.9. The molecular formula is C20H30FN3O6S. The first kappa shape index (κ1) is 24.0. The summed E-state index contributed by atoms with van der Waals surface area (Å²) in [5.74, 6) is -0.926. The molecule has 0 radical (unpaired) electrons. The van der Waals surface area contributed by atoms with Gasteiger partial charge in [0.25, 0.3) is 0 Å². The molecule has 2 aliphatic heterocycles. The quantitative estimate of drug-likeness (QED) is 0.470. The Morgan fingerprint density at radius 3 is 2.68 bits per heavy atom. The number of aliphatic hydroxyl groups is 1. The van der Waals surface area contributed by atoms with Gasteiger partial charge in [-0.05, 0) is 31.4 Å². The fourth-order valence-electron chi connectivity index (χ4n) is 3.82. The number of nitrogens with zero attached hydrogens (tertiary/aromatic N) is 1. The van der Waals surface area contributed by atoms with Gasteiger partial charge in [0.05, 0.1) is 38.5 Å². The molecule has 3 N–H and O–H groups in total. The number of hydrogen-bond acceptors (Lipinski definition) is 7. The van der Waals surface area contributed by atoms with Gasteiger partial charge in [0.2, 0.25) is 15.9 Å². The molecule has 0 aliphatic carbocycles. The standard InChI is InChI=1S/C20H30FN3O6S/c21-16-3-1-2-4-19(16)31(27,28)22-8-7-15-5-6-17(18(14-25)30-15)23-20(26)13-24-9-11-29-12-10-24/h1-4,15,17-18,22,25H,5-14H2,(H,23,26)/t15-,17+,18-/m0/s1. The lowest BCUT2D eigenvalue weighted by atomic mass is 9.97. The minimum Gasteiger partial charge on any atom is -0.394 e. The summed E-state index contributed by atoms with van der Waals surface area (Å²) in [4.78, 5) is 14.0. The Morgan fingerprint density at radius 2 is 1.97 bits per heavy atom. The highest BCUT2D eigenvalue weighted by atomic mass is 32.2. The van der Waals surface area contributed by atoms with Crippen LogP contribution in [0, 0.1) is 5.82 Å². The third-order valence-corrected chi connectivity index (χ3v) is 6.99. The number of sulfonamides is 1. The molecule has 3 rings (SSSR count). The van der Waals surface area contributed by atoms with Crippen molar-refractivity contribution in [2.24, 2.45) is 0 Å². The van der Waals surface area contributed by atoms with Crippen molar-refractivity contribution in [3.05, 3.63) is 30.1 Å². The van der Waals surface area contributed by atoms with Crippen molar-refractivity contribution in [3.63, 3.8) is 0 Å². The number of rotatable bonds is 9. The third kappa shape index (κ3) is 6.93. The molecule has 2 heterocycles. The second-order valence-corrected chi connectivity index (χ2v) is 9.47. The van der Waals surface area contributed by atoms with Gasteiger partial charge in [0.15, 0.2) is 0 Å². The van der Waals surface area contributed by atoms with E-state index in [4.69, 9.17) is 9.47 Å². The van der Waals surface area contributed by atoms with Gasteiger partial charge in [-0.25, -0.2) is 17.5 Å². The van der Waals surface area contributed by atoms with Crippen LogP contribution < -0.4 is 10.0 Å². The number of carbonyl (C=O) groups excluding carboxylic acids is 1. The molecule has 0 bridgehead atoms. The summed E-state index contributed by atoms with van der Waals surface area (Å²) in [5, 5.41) is 12.6. The molecule has 0 unspecified atom stereocenters. The number of amides is 1. The van der Waals surface area contributed by atoms with Gasteiger partial charge < -0.3 is 19.9 Å². The van der Waals surface area contributed by atoms with Gasteiger partial charge in [-0.1, -0.05) is 12.1 Å². The number of halogens is 1. The Kier molecular flexibility index (Phi) is 8.76. The van der Waals surface area contributed by atoms with Gasteiger partial charge in [-0.3, -0.25) is 9.69 Å². The van der Waals surface area contributed by atoms with Gasteiger partial charge >= 0.3 is 0 Å². The summed E-state index contributed by atoms with van der Waals surface area (Å²) in [5.41, 5.74) is 0. The van der Waals surface area contributed by atoms with Gasteiger partial charge in [0.1, 0.15) is 16.8 Å². The number of ether oxygens (including phenoxy) is 2. The minimum absolute atomic E-state index is 0.0769. The maximum atomic E-state index is 13.7. The zero-order valence-corrected chi connectivity index (χ0v) is 18.2. The number of benzene rings is 1. The Balaban J connectivity index is 1.43. The van der Waals surface area contributed by atoms with Crippen LogP contribution >= 0.6 is 0 Å². The summed E-state index contributed by atoms with van der Waals surface area (Å²) in [7, 11) is -3.95. The number of carbonyl (C=O) groups is 1. The van der Waals surface area contributed by atoms with Gasteiger partial charge in [-0.2, -0.15) is 0 Å². The second kappa shape index (κ2) is 11.3. The van der Waals surface area contributed by atoms with Crippen molar-refractivity contribution in [3.8, 4) is 0 Å². The maximum Gasteiger partial charge on any atom is 0.243 e. The highest BCUT2D eigenvalue weighted by molar-refractivity contribution is 7.89. The van der Waals surface area contributed by atoms with Crippen molar-refractivity contribution >= 4 is 15.9 Å². The molecule has 0 aromatic heterocycles. The number of aliphatic hydroxyl groups excluding tert-OH is 1. The predicted octanol–water partition coefficient (Wildman–Crippen LogP) is -0.149. The second-order valence-electron chi connectivity index (χ2n) is 7.74. The van der Waals surface area contributed by atoms with Crippen LogP contribution in [-0.2, 0) is 24.3 Å². The Morgan fingerprint density at radius 1 is 1.23 bits per heavy atom. The molecule has 9 nitrogen and oxygen atoms in total. The normalized spacial score (nSPS) is 25.3. The van der Waals surface area contributed by atoms with Crippen LogP contribution in [-0.4, -0.2) is 88.6 Å². The predicted molar refractivity (Wildman–Crippen MR) is 110 cm³/mol. The van der Waals surface area contributed by atoms with E-state index in [9.17, 15) is 22.7 Å². The van der Waals surface area contributed by atoms with E-state index in [0.29, 0.717) is 45.6 Å². The first-order valence-corrected chi connectivity index (χ1v) is 12.0. The Hall–Kier alpha value is -1.63. The van der Waals surface area contributed by atoms with E-state index in [1.807, 2.05) is 4.90 Å². The summed E-state index contributed by atoms with van der Waals surface area (Å²) < 4.78 is 51.8. The molecular weight excluding hydrogens is 429 g/mol. The third-order valence-electron chi connectivity index (χ3n) is 5.50. The number of hydrogen-bond donors (Lipinski definition) is 3. The molecule has 0 saturated carbocycles. The van der Waals surface area contributed by atoms with E-state index < -0.39 is 26.8 Å². The van der Waals surface area contributed by atoms with Crippen molar-refractivity contribution in [2.45, 2.75) is 42.4 Å². The molecule has 31 heavy (non-hydrogen) atoms. The van der Waals surface area contributed by atoms with Crippen molar-refractivity contribution < 1.29 is 32.2 Å². The molecule has 11 heteroatoms. The van der Waals surface area contributed by atoms with Gasteiger partial charge in [-0.15, -0.1) is 0 Å². The summed E-state index contributed by atoms with van der Waals surface area (Å²) >= 11 is 0. The molecule has 3 atom stereocenters. The number of morpholine rings is 1. The first-order valence-electron chi connectivity index (χ1n) is 10.5.